The van der Waals surface area contributed by atoms with Crippen molar-refractivity contribution in [3.05, 3.63) is 29.8 Å². The highest BCUT2D eigenvalue weighted by molar-refractivity contribution is 5.96. The maximum Gasteiger partial charge on any atom is 0.230 e. The summed E-state index contributed by atoms with van der Waals surface area (Å²) in [5, 5.41) is 0. The summed E-state index contributed by atoms with van der Waals surface area (Å²) in [6.07, 6.45) is 5.10. The van der Waals surface area contributed by atoms with Crippen LogP contribution in [0.4, 0.5) is 5.69 Å². The minimum atomic E-state index is 0.286. The molecule has 2 aliphatic carbocycles. The largest absolute Gasteiger partial charge is 0.326 e. The molecule has 2 atom stereocenters. The smallest absolute Gasteiger partial charge is 0.230 e. The van der Waals surface area contributed by atoms with Crippen LogP contribution in [0, 0.1) is 17.8 Å². The summed E-state index contributed by atoms with van der Waals surface area (Å²) >= 11 is 0. The summed E-state index contributed by atoms with van der Waals surface area (Å²) in [7, 11) is 1.89. The Labute approximate surface area is 114 Å². The second-order valence-corrected chi connectivity index (χ2v) is 5.91. The zero-order chi connectivity index (χ0) is 13.4. The third-order valence-electron chi connectivity index (χ3n) is 4.81. The van der Waals surface area contributed by atoms with Crippen LogP contribution in [-0.4, -0.2) is 13.0 Å². The van der Waals surface area contributed by atoms with Gasteiger partial charge in [-0.15, -0.1) is 0 Å². The average Bonchev–Trinajstić information content (AvgIpc) is 3.20. The number of carbonyl (C=O) groups excluding carboxylic acids is 1. The Morgan fingerprint density at radius 3 is 2.63 bits per heavy atom. The highest BCUT2D eigenvalue weighted by atomic mass is 16.2. The molecule has 2 fully saturated rings. The van der Waals surface area contributed by atoms with E-state index in [0.717, 1.165) is 11.3 Å². The molecule has 2 saturated carbocycles. The number of nitrogens with two attached hydrogens (primary N) is 1. The van der Waals surface area contributed by atoms with Gasteiger partial charge in [0.2, 0.25) is 5.91 Å². The van der Waals surface area contributed by atoms with Crippen LogP contribution >= 0.6 is 0 Å². The van der Waals surface area contributed by atoms with Crippen LogP contribution in [0.15, 0.2) is 24.3 Å². The van der Waals surface area contributed by atoms with Gasteiger partial charge in [0.05, 0.1) is 0 Å². The Hall–Kier alpha value is -1.35. The maximum atomic E-state index is 12.6. The lowest BCUT2D eigenvalue weighted by Crippen LogP contribution is -2.28. The predicted octanol–water partition coefficient (Wildman–Crippen LogP) is 2.54. The first kappa shape index (κ1) is 12.7. The fourth-order valence-electron chi connectivity index (χ4n) is 3.60. The molecule has 2 unspecified atom stereocenters. The van der Waals surface area contributed by atoms with Crippen molar-refractivity contribution in [2.24, 2.45) is 23.5 Å². The summed E-state index contributed by atoms with van der Waals surface area (Å²) < 4.78 is 0. The minimum Gasteiger partial charge on any atom is -0.326 e. The van der Waals surface area contributed by atoms with Gasteiger partial charge in [-0.05, 0) is 42.4 Å². The van der Waals surface area contributed by atoms with Gasteiger partial charge in [-0.25, -0.2) is 0 Å². The lowest BCUT2D eigenvalue weighted by Gasteiger charge is -2.18. The number of carbonyl (C=O) groups is 1. The number of anilines is 1. The molecule has 0 heterocycles. The van der Waals surface area contributed by atoms with Crippen LogP contribution in [0.2, 0.25) is 0 Å². The fourth-order valence-corrected chi connectivity index (χ4v) is 3.60. The monoisotopic (exact) mass is 258 g/mol. The van der Waals surface area contributed by atoms with E-state index in [4.69, 9.17) is 5.73 Å². The zero-order valence-corrected chi connectivity index (χ0v) is 11.5. The number of benzene rings is 1. The van der Waals surface area contributed by atoms with Gasteiger partial charge in [0.15, 0.2) is 0 Å². The highest BCUT2D eigenvalue weighted by Gasteiger charge is 2.55. The number of hydrogen-bond acceptors (Lipinski definition) is 2. The van der Waals surface area contributed by atoms with Gasteiger partial charge in [0.1, 0.15) is 0 Å². The average molecular weight is 258 g/mol. The molecule has 102 valence electrons. The van der Waals surface area contributed by atoms with Gasteiger partial charge >= 0.3 is 0 Å². The van der Waals surface area contributed by atoms with Crippen molar-refractivity contribution in [2.45, 2.75) is 32.2 Å². The van der Waals surface area contributed by atoms with Gasteiger partial charge in [0.25, 0.3) is 0 Å². The molecular formula is C16H22N2O. The summed E-state index contributed by atoms with van der Waals surface area (Å²) in [4.78, 5) is 14.4. The standard InChI is InChI=1S/C16H22N2O/c1-18(12-6-4-5-11(9-12)10-17)16(19)15-13-7-2-3-8-14(13)15/h4-6,9,13-15H,2-3,7-8,10,17H2,1H3. The lowest BCUT2D eigenvalue weighted by molar-refractivity contribution is -0.120. The molecule has 2 aliphatic rings. The van der Waals surface area contributed by atoms with E-state index in [9.17, 15) is 4.79 Å². The van der Waals surface area contributed by atoms with E-state index >= 15 is 0 Å². The van der Waals surface area contributed by atoms with Crippen molar-refractivity contribution >= 4 is 11.6 Å². The molecule has 3 nitrogen and oxygen atoms in total. The Balaban J connectivity index is 1.73. The number of amides is 1. The van der Waals surface area contributed by atoms with Crippen LogP contribution in [0.25, 0.3) is 0 Å². The van der Waals surface area contributed by atoms with Gasteiger partial charge in [-0.1, -0.05) is 25.0 Å². The second kappa shape index (κ2) is 4.97. The van der Waals surface area contributed by atoms with Gasteiger partial charge in [-0.3, -0.25) is 4.79 Å². The Bertz CT molecular complexity index is 473. The summed E-state index contributed by atoms with van der Waals surface area (Å²) in [5.41, 5.74) is 7.70. The number of rotatable bonds is 3. The summed E-state index contributed by atoms with van der Waals surface area (Å²) in [6, 6.07) is 7.98. The topological polar surface area (TPSA) is 46.3 Å². The molecular weight excluding hydrogens is 236 g/mol. The molecule has 0 radical (unpaired) electrons. The highest BCUT2D eigenvalue weighted by Crippen LogP contribution is 2.56. The molecule has 3 heteroatoms. The number of fused-ring (bicyclic) bond motifs is 1. The molecule has 19 heavy (non-hydrogen) atoms. The maximum absolute atomic E-state index is 12.6. The first-order valence-electron chi connectivity index (χ1n) is 7.29. The molecule has 0 aromatic heterocycles. The van der Waals surface area contributed by atoms with Crippen LogP contribution in [-0.2, 0) is 11.3 Å². The van der Waals surface area contributed by atoms with E-state index in [0.29, 0.717) is 24.3 Å². The summed E-state index contributed by atoms with van der Waals surface area (Å²) in [6.45, 7) is 0.518. The molecule has 1 amide bonds. The van der Waals surface area contributed by atoms with Crippen molar-refractivity contribution in [3.63, 3.8) is 0 Å². The molecule has 1 aromatic carbocycles. The Morgan fingerprint density at radius 1 is 1.32 bits per heavy atom. The van der Waals surface area contributed by atoms with Gasteiger partial charge in [-0.2, -0.15) is 0 Å². The van der Waals surface area contributed by atoms with E-state index < -0.39 is 0 Å². The third-order valence-corrected chi connectivity index (χ3v) is 4.81. The van der Waals surface area contributed by atoms with Crippen LogP contribution in [0.5, 0.6) is 0 Å². The van der Waals surface area contributed by atoms with Crippen LogP contribution < -0.4 is 10.6 Å². The van der Waals surface area contributed by atoms with Crippen molar-refractivity contribution in [3.8, 4) is 0 Å². The van der Waals surface area contributed by atoms with Crippen molar-refractivity contribution in [1.82, 2.24) is 0 Å². The van der Waals surface area contributed by atoms with Crippen LogP contribution in [0.1, 0.15) is 31.2 Å². The van der Waals surface area contributed by atoms with Gasteiger partial charge in [0, 0.05) is 25.2 Å². The van der Waals surface area contributed by atoms with E-state index in [2.05, 4.69) is 0 Å². The quantitative estimate of drug-likeness (QED) is 0.905. The number of hydrogen-bond donors (Lipinski definition) is 1. The molecule has 0 aliphatic heterocycles. The van der Waals surface area contributed by atoms with Crippen molar-refractivity contribution < 1.29 is 4.79 Å². The second-order valence-electron chi connectivity index (χ2n) is 5.91. The van der Waals surface area contributed by atoms with Gasteiger partial charge < -0.3 is 10.6 Å². The molecule has 0 saturated heterocycles. The zero-order valence-electron chi connectivity index (χ0n) is 11.5. The van der Waals surface area contributed by atoms with E-state index in [1.807, 2.05) is 36.2 Å². The summed E-state index contributed by atoms with van der Waals surface area (Å²) in [5.74, 6) is 1.92. The predicted molar refractivity (Wildman–Crippen MR) is 76.7 cm³/mol. The molecule has 3 rings (SSSR count). The first-order chi connectivity index (χ1) is 9.22. The molecule has 2 N–H and O–H groups in total. The first-order valence-corrected chi connectivity index (χ1v) is 7.29. The Morgan fingerprint density at radius 2 is 2.00 bits per heavy atom. The third kappa shape index (κ3) is 2.27. The molecule has 0 spiro atoms. The number of nitrogens with zero attached hydrogens (tertiary/aromatic N) is 1. The Kier molecular flexibility index (Phi) is 3.31. The lowest BCUT2D eigenvalue weighted by atomic mass is 10.0. The van der Waals surface area contributed by atoms with E-state index in [-0.39, 0.29) is 5.92 Å². The van der Waals surface area contributed by atoms with E-state index in [1.165, 1.54) is 25.7 Å². The van der Waals surface area contributed by atoms with Crippen molar-refractivity contribution in [1.29, 1.82) is 0 Å². The van der Waals surface area contributed by atoms with E-state index in [1.54, 1.807) is 0 Å². The SMILES string of the molecule is CN(C(=O)C1C2CCCCC21)c1cccc(CN)c1. The molecule has 0 bridgehead atoms. The van der Waals surface area contributed by atoms with Crippen molar-refractivity contribution in [2.75, 3.05) is 11.9 Å². The fraction of sp³-hybridized carbons (Fsp3) is 0.562. The molecule has 1 aromatic rings. The minimum absolute atomic E-state index is 0.286. The van der Waals surface area contributed by atoms with Crippen LogP contribution in [0.3, 0.4) is 0 Å². The normalized spacial score (nSPS) is 28.6.